The van der Waals surface area contributed by atoms with Crippen molar-refractivity contribution in [1.29, 1.82) is 0 Å². The Morgan fingerprint density at radius 1 is 0.885 bits per heavy atom. The van der Waals surface area contributed by atoms with E-state index >= 15 is 0 Å². The van der Waals surface area contributed by atoms with Gasteiger partial charge in [0.1, 0.15) is 11.5 Å². The van der Waals surface area contributed by atoms with Crippen molar-refractivity contribution in [2.75, 3.05) is 11.9 Å². The third-order valence-corrected chi connectivity index (χ3v) is 3.91. The Hall–Kier alpha value is -2.98. The molecule has 3 rings (SSSR count). The lowest BCUT2D eigenvalue weighted by Gasteiger charge is -2.09. The maximum atomic E-state index is 12.0. The molecule has 3 aromatic carbocycles. The summed E-state index contributed by atoms with van der Waals surface area (Å²) >= 11 is 5.95. The molecule has 0 atom stereocenters. The van der Waals surface area contributed by atoms with Crippen molar-refractivity contribution in [2.24, 2.45) is 0 Å². The summed E-state index contributed by atoms with van der Waals surface area (Å²) in [4.78, 5) is 12.0. The van der Waals surface area contributed by atoms with Crippen LogP contribution < -0.4 is 15.4 Å². The molecule has 0 saturated heterocycles. The predicted octanol–water partition coefficient (Wildman–Crippen LogP) is 5.50. The van der Waals surface area contributed by atoms with Gasteiger partial charge < -0.3 is 15.4 Å². The van der Waals surface area contributed by atoms with Crippen molar-refractivity contribution in [3.63, 3.8) is 0 Å². The molecule has 0 fully saturated rings. The summed E-state index contributed by atoms with van der Waals surface area (Å²) < 4.78 is 5.72. The number of ether oxygens (including phenoxy) is 1. The molecule has 0 unspecified atom stereocenters. The van der Waals surface area contributed by atoms with Crippen LogP contribution in [0.4, 0.5) is 10.5 Å². The summed E-state index contributed by atoms with van der Waals surface area (Å²) in [6.45, 7) is 0.529. The quantitative estimate of drug-likeness (QED) is 0.605. The Morgan fingerprint density at radius 3 is 2.35 bits per heavy atom. The minimum atomic E-state index is -0.247. The number of hydrogen-bond donors (Lipinski definition) is 2. The first-order valence-electron chi connectivity index (χ1n) is 8.31. The van der Waals surface area contributed by atoms with E-state index in [1.165, 1.54) is 0 Å². The number of hydrogen-bond acceptors (Lipinski definition) is 2. The Morgan fingerprint density at radius 2 is 1.62 bits per heavy atom. The Balaban J connectivity index is 1.45. The monoisotopic (exact) mass is 366 g/mol. The van der Waals surface area contributed by atoms with E-state index in [1.807, 2.05) is 66.7 Å². The van der Waals surface area contributed by atoms with Crippen molar-refractivity contribution in [3.8, 4) is 11.5 Å². The van der Waals surface area contributed by atoms with Crippen LogP contribution in [0.1, 0.15) is 5.56 Å². The molecular weight excluding hydrogens is 348 g/mol. The molecule has 2 amide bonds. The van der Waals surface area contributed by atoms with Gasteiger partial charge in [0.25, 0.3) is 0 Å². The number of amides is 2. The van der Waals surface area contributed by atoms with Gasteiger partial charge in [0.05, 0.1) is 0 Å². The zero-order valence-electron chi connectivity index (χ0n) is 14.1. The first-order chi connectivity index (χ1) is 12.7. The average molecular weight is 367 g/mol. The number of anilines is 1. The van der Waals surface area contributed by atoms with Gasteiger partial charge >= 0.3 is 6.03 Å². The topological polar surface area (TPSA) is 50.4 Å². The van der Waals surface area contributed by atoms with Gasteiger partial charge in [0.15, 0.2) is 0 Å². The standard InChI is InChI=1S/C21H19ClN2O2/c22-17-6-4-5-16(15-17)13-14-23-21(25)24-18-9-11-20(12-10-18)26-19-7-2-1-3-8-19/h1-12,15H,13-14H2,(H2,23,24,25). The first kappa shape index (κ1) is 17.8. The highest BCUT2D eigenvalue weighted by atomic mass is 35.5. The van der Waals surface area contributed by atoms with Crippen LogP contribution in [0.2, 0.25) is 5.02 Å². The third-order valence-electron chi connectivity index (χ3n) is 3.68. The molecule has 0 heterocycles. The molecule has 132 valence electrons. The molecule has 0 spiro atoms. The van der Waals surface area contributed by atoms with Gasteiger partial charge in [-0.25, -0.2) is 4.79 Å². The molecule has 0 bridgehead atoms. The number of nitrogens with one attached hydrogen (secondary N) is 2. The molecule has 5 heteroatoms. The zero-order chi connectivity index (χ0) is 18.2. The summed E-state index contributed by atoms with van der Waals surface area (Å²) in [5.74, 6) is 1.48. The van der Waals surface area contributed by atoms with Crippen LogP contribution in [-0.4, -0.2) is 12.6 Å². The van der Waals surface area contributed by atoms with E-state index in [-0.39, 0.29) is 6.03 Å². The van der Waals surface area contributed by atoms with E-state index in [9.17, 15) is 4.79 Å². The van der Waals surface area contributed by atoms with Crippen LogP contribution in [0.15, 0.2) is 78.9 Å². The fourth-order valence-corrected chi connectivity index (χ4v) is 2.63. The highest BCUT2D eigenvalue weighted by Gasteiger charge is 2.03. The molecule has 26 heavy (non-hydrogen) atoms. The van der Waals surface area contributed by atoms with Crippen LogP contribution >= 0.6 is 11.6 Å². The van der Waals surface area contributed by atoms with Crippen molar-refractivity contribution in [2.45, 2.75) is 6.42 Å². The highest BCUT2D eigenvalue weighted by Crippen LogP contribution is 2.22. The van der Waals surface area contributed by atoms with E-state index in [0.717, 1.165) is 17.7 Å². The molecular formula is C21H19ClN2O2. The molecule has 0 aliphatic rings. The van der Waals surface area contributed by atoms with E-state index in [4.69, 9.17) is 16.3 Å². The number of urea groups is 1. The van der Waals surface area contributed by atoms with Crippen LogP contribution in [0.25, 0.3) is 0 Å². The fourth-order valence-electron chi connectivity index (χ4n) is 2.42. The summed E-state index contributed by atoms with van der Waals surface area (Å²) in [5, 5.41) is 6.33. The Kier molecular flexibility index (Phi) is 6.12. The van der Waals surface area contributed by atoms with E-state index in [1.54, 1.807) is 12.1 Å². The second-order valence-corrected chi connectivity index (χ2v) is 6.14. The molecule has 0 aliphatic carbocycles. The van der Waals surface area contributed by atoms with Gasteiger partial charge in [-0.15, -0.1) is 0 Å². The second-order valence-electron chi connectivity index (χ2n) is 5.70. The van der Waals surface area contributed by atoms with Gasteiger partial charge in [-0.3, -0.25) is 0 Å². The third kappa shape index (κ3) is 5.53. The van der Waals surface area contributed by atoms with Crippen molar-refractivity contribution < 1.29 is 9.53 Å². The number of rotatable bonds is 6. The van der Waals surface area contributed by atoms with E-state index in [0.29, 0.717) is 23.0 Å². The summed E-state index contributed by atoms with van der Waals surface area (Å²) in [7, 11) is 0. The molecule has 0 aliphatic heterocycles. The van der Waals surface area contributed by atoms with E-state index in [2.05, 4.69) is 10.6 Å². The zero-order valence-corrected chi connectivity index (χ0v) is 14.9. The van der Waals surface area contributed by atoms with Crippen molar-refractivity contribution in [3.05, 3.63) is 89.4 Å². The fraction of sp³-hybridized carbons (Fsp3) is 0.0952. The van der Waals surface area contributed by atoms with Gasteiger partial charge in [-0.1, -0.05) is 41.9 Å². The van der Waals surface area contributed by atoms with Gasteiger partial charge in [0, 0.05) is 17.3 Å². The lowest BCUT2D eigenvalue weighted by Crippen LogP contribution is -2.30. The van der Waals surface area contributed by atoms with E-state index < -0.39 is 0 Å². The summed E-state index contributed by atoms with van der Waals surface area (Å²) in [6.07, 6.45) is 0.720. The molecule has 0 aromatic heterocycles. The molecule has 4 nitrogen and oxygen atoms in total. The average Bonchev–Trinajstić information content (AvgIpc) is 2.64. The lowest BCUT2D eigenvalue weighted by atomic mass is 10.1. The first-order valence-corrected chi connectivity index (χ1v) is 8.69. The van der Waals surface area contributed by atoms with Crippen LogP contribution in [0.3, 0.4) is 0 Å². The largest absolute Gasteiger partial charge is 0.457 e. The maximum Gasteiger partial charge on any atom is 0.319 e. The number of para-hydroxylation sites is 1. The lowest BCUT2D eigenvalue weighted by molar-refractivity contribution is 0.252. The molecule has 0 radical (unpaired) electrons. The minimum absolute atomic E-state index is 0.247. The SMILES string of the molecule is O=C(NCCc1cccc(Cl)c1)Nc1ccc(Oc2ccccc2)cc1. The summed E-state index contributed by atoms with van der Waals surface area (Å²) in [5.41, 5.74) is 1.78. The van der Waals surface area contributed by atoms with Gasteiger partial charge in [-0.05, 0) is 60.5 Å². The van der Waals surface area contributed by atoms with Gasteiger partial charge in [-0.2, -0.15) is 0 Å². The normalized spacial score (nSPS) is 10.2. The van der Waals surface area contributed by atoms with Crippen LogP contribution in [0.5, 0.6) is 11.5 Å². The Bertz CT molecular complexity index is 851. The van der Waals surface area contributed by atoms with Crippen molar-refractivity contribution >= 4 is 23.3 Å². The predicted molar refractivity (Wildman–Crippen MR) is 105 cm³/mol. The minimum Gasteiger partial charge on any atom is -0.457 e. The maximum absolute atomic E-state index is 12.0. The molecule has 2 N–H and O–H groups in total. The summed E-state index contributed by atoms with van der Waals surface area (Å²) in [6, 6.07) is 24.1. The van der Waals surface area contributed by atoms with Crippen molar-refractivity contribution in [1.82, 2.24) is 5.32 Å². The second kappa shape index (κ2) is 8.92. The number of benzene rings is 3. The van der Waals surface area contributed by atoms with Crippen LogP contribution in [0, 0.1) is 0 Å². The number of halogens is 1. The number of carbonyl (C=O) groups is 1. The smallest absolute Gasteiger partial charge is 0.319 e. The molecule has 3 aromatic rings. The van der Waals surface area contributed by atoms with Crippen LogP contribution in [-0.2, 0) is 6.42 Å². The molecule has 0 saturated carbocycles. The number of carbonyl (C=O) groups excluding carboxylic acids is 1. The van der Waals surface area contributed by atoms with Gasteiger partial charge in [0.2, 0.25) is 0 Å². The Labute approximate surface area is 157 Å². The highest BCUT2D eigenvalue weighted by molar-refractivity contribution is 6.30.